The molecule has 2 aromatic rings. The molecule has 0 saturated heterocycles. The number of hydrogen-bond donors (Lipinski definition) is 1. The molecule has 0 aliphatic heterocycles. The van der Waals surface area contributed by atoms with Gasteiger partial charge >= 0.3 is 6.18 Å². The molecule has 36 heavy (non-hydrogen) atoms. The smallest absolute Gasteiger partial charge is 0.357 e. The maximum absolute atomic E-state index is 13.1. The summed E-state index contributed by atoms with van der Waals surface area (Å²) >= 11 is 12.5. The Hall–Kier alpha value is -2.50. The molecule has 0 aromatic heterocycles. The van der Waals surface area contributed by atoms with Crippen molar-refractivity contribution in [3.63, 3.8) is 0 Å². The summed E-state index contributed by atoms with van der Waals surface area (Å²) in [6.45, 7) is 1.20. The number of halogens is 5. The number of sulfonamides is 1. The van der Waals surface area contributed by atoms with E-state index in [9.17, 15) is 31.2 Å². The molecule has 0 aliphatic rings. The van der Waals surface area contributed by atoms with Crippen LogP contribution < -0.4 is 9.62 Å². The summed E-state index contributed by atoms with van der Waals surface area (Å²) in [5, 5.41) is 3.08. The number of nitrogens with one attached hydrogen (secondary N) is 1. The van der Waals surface area contributed by atoms with Crippen LogP contribution in [0.25, 0.3) is 0 Å². The molecular formula is C23H26Cl2F3N3O4S. The number of likely N-dealkylation sites (N-methyl/N-ethyl adjacent to an activating group) is 1. The van der Waals surface area contributed by atoms with Gasteiger partial charge in [-0.25, -0.2) is 8.42 Å². The lowest BCUT2D eigenvalue weighted by atomic mass is 10.1. The lowest BCUT2D eigenvalue weighted by molar-refractivity contribution is -0.140. The fourth-order valence-electron chi connectivity index (χ4n) is 3.49. The van der Waals surface area contributed by atoms with Crippen molar-refractivity contribution in [1.29, 1.82) is 0 Å². The van der Waals surface area contributed by atoms with E-state index in [4.69, 9.17) is 23.2 Å². The van der Waals surface area contributed by atoms with Gasteiger partial charge in [0.1, 0.15) is 6.04 Å². The minimum atomic E-state index is -4.65. The van der Waals surface area contributed by atoms with Gasteiger partial charge in [-0.15, -0.1) is 0 Å². The second-order valence-corrected chi connectivity index (χ2v) is 10.7. The zero-order valence-corrected chi connectivity index (χ0v) is 22.1. The fraction of sp³-hybridized carbons (Fsp3) is 0.391. The van der Waals surface area contributed by atoms with Crippen molar-refractivity contribution in [1.82, 2.24) is 10.2 Å². The summed E-state index contributed by atoms with van der Waals surface area (Å²) in [6.07, 6.45) is -3.98. The third kappa shape index (κ3) is 7.75. The second kappa shape index (κ2) is 12.2. The van der Waals surface area contributed by atoms with E-state index < -0.39 is 39.6 Å². The van der Waals surface area contributed by atoms with E-state index in [0.717, 1.165) is 28.8 Å². The van der Waals surface area contributed by atoms with Crippen molar-refractivity contribution < 1.29 is 31.2 Å². The summed E-state index contributed by atoms with van der Waals surface area (Å²) in [4.78, 5) is 26.7. The van der Waals surface area contributed by atoms with Gasteiger partial charge in [0.15, 0.2) is 0 Å². The maximum atomic E-state index is 13.1. The van der Waals surface area contributed by atoms with Crippen molar-refractivity contribution in [2.45, 2.75) is 38.5 Å². The highest BCUT2D eigenvalue weighted by atomic mass is 35.5. The lowest BCUT2D eigenvalue weighted by Gasteiger charge is -2.29. The van der Waals surface area contributed by atoms with Gasteiger partial charge < -0.3 is 10.2 Å². The number of alkyl halides is 3. The first kappa shape index (κ1) is 29.7. The monoisotopic (exact) mass is 567 g/mol. The normalized spacial score (nSPS) is 12.7. The van der Waals surface area contributed by atoms with Crippen LogP contribution in [0, 0.1) is 0 Å². The van der Waals surface area contributed by atoms with Crippen LogP contribution in [-0.4, -0.2) is 51.0 Å². The number of amides is 2. The van der Waals surface area contributed by atoms with E-state index in [1.54, 1.807) is 18.2 Å². The SMILES string of the molecule is CNC(=O)[C@@H](C)N(Cc1c(Cl)cccc1Cl)C(=O)CCCN(c1cccc(C(F)(F)F)c1)S(C)(=O)=O. The van der Waals surface area contributed by atoms with Crippen LogP contribution in [-0.2, 0) is 32.3 Å². The Morgan fingerprint density at radius 2 is 1.67 bits per heavy atom. The molecule has 0 heterocycles. The van der Waals surface area contributed by atoms with Gasteiger partial charge in [0.05, 0.1) is 17.5 Å². The summed E-state index contributed by atoms with van der Waals surface area (Å²) in [5.74, 6) is -0.923. The van der Waals surface area contributed by atoms with Gasteiger partial charge in [-0.3, -0.25) is 13.9 Å². The molecular weight excluding hydrogens is 542 g/mol. The molecule has 2 aromatic carbocycles. The van der Waals surface area contributed by atoms with E-state index in [1.165, 1.54) is 24.9 Å². The zero-order valence-electron chi connectivity index (χ0n) is 19.8. The van der Waals surface area contributed by atoms with Gasteiger partial charge in [0.25, 0.3) is 0 Å². The van der Waals surface area contributed by atoms with Gasteiger partial charge in [0.2, 0.25) is 21.8 Å². The van der Waals surface area contributed by atoms with Crippen LogP contribution in [0.2, 0.25) is 10.0 Å². The van der Waals surface area contributed by atoms with E-state index in [2.05, 4.69) is 5.32 Å². The molecule has 0 unspecified atom stereocenters. The molecule has 2 rings (SSSR count). The zero-order chi connectivity index (χ0) is 27.3. The highest BCUT2D eigenvalue weighted by Crippen LogP contribution is 2.32. The van der Waals surface area contributed by atoms with Crippen LogP contribution in [0.3, 0.4) is 0 Å². The number of rotatable bonds is 10. The average molecular weight is 568 g/mol. The number of benzene rings is 2. The third-order valence-corrected chi connectivity index (χ3v) is 7.32. The fourth-order valence-corrected chi connectivity index (χ4v) is 4.96. The van der Waals surface area contributed by atoms with Crippen LogP contribution in [0.4, 0.5) is 18.9 Å². The minimum Gasteiger partial charge on any atom is -0.357 e. The Labute approximate surface area is 218 Å². The molecule has 0 spiro atoms. The van der Waals surface area contributed by atoms with E-state index >= 15 is 0 Å². The Kier molecular flexibility index (Phi) is 10.0. The van der Waals surface area contributed by atoms with Crippen molar-refractivity contribution in [2.24, 2.45) is 0 Å². The van der Waals surface area contributed by atoms with Crippen molar-refractivity contribution >= 4 is 50.7 Å². The van der Waals surface area contributed by atoms with E-state index in [1.807, 2.05) is 0 Å². The largest absolute Gasteiger partial charge is 0.416 e. The van der Waals surface area contributed by atoms with Crippen molar-refractivity contribution in [3.05, 3.63) is 63.6 Å². The topological polar surface area (TPSA) is 86.8 Å². The predicted molar refractivity (Wildman–Crippen MR) is 133 cm³/mol. The molecule has 2 amide bonds. The number of anilines is 1. The molecule has 1 N–H and O–H groups in total. The Morgan fingerprint density at radius 1 is 1.08 bits per heavy atom. The Bertz CT molecular complexity index is 1190. The van der Waals surface area contributed by atoms with Crippen LogP contribution in [0.15, 0.2) is 42.5 Å². The molecule has 0 fully saturated rings. The third-order valence-electron chi connectivity index (χ3n) is 5.42. The predicted octanol–water partition coefficient (Wildman–Crippen LogP) is 4.72. The van der Waals surface area contributed by atoms with Gasteiger partial charge in [-0.2, -0.15) is 13.2 Å². The maximum Gasteiger partial charge on any atom is 0.416 e. The quantitative estimate of drug-likeness (QED) is 0.450. The van der Waals surface area contributed by atoms with Crippen molar-refractivity contribution in [3.8, 4) is 0 Å². The molecule has 0 bridgehead atoms. The van der Waals surface area contributed by atoms with Crippen molar-refractivity contribution in [2.75, 3.05) is 24.2 Å². The summed E-state index contributed by atoms with van der Waals surface area (Å²) in [5.41, 5.74) is -0.725. The van der Waals surface area contributed by atoms with Crippen LogP contribution in [0.5, 0.6) is 0 Å². The highest BCUT2D eigenvalue weighted by molar-refractivity contribution is 7.92. The number of carbonyl (C=O) groups excluding carboxylic acids is 2. The first-order valence-corrected chi connectivity index (χ1v) is 13.4. The number of nitrogens with zero attached hydrogens (tertiary/aromatic N) is 2. The van der Waals surface area contributed by atoms with Gasteiger partial charge in [-0.1, -0.05) is 35.3 Å². The molecule has 1 atom stereocenters. The number of carbonyl (C=O) groups is 2. The molecule has 0 aliphatic carbocycles. The molecule has 0 saturated carbocycles. The van der Waals surface area contributed by atoms with E-state index in [-0.39, 0.29) is 31.6 Å². The summed E-state index contributed by atoms with van der Waals surface area (Å²) in [7, 11) is -2.53. The highest BCUT2D eigenvalue weighted by Gasteiger charge is 2.32. The van der Waals surface area contributed by atoms with E-state index in [0.29, 0.717) is 15.6 Å². The van der Waals surface area contributed by atoms with Gasteiger partial charge in [0, 0.05) is 42.2 Å². The van der Waals surface area contributed by atoms with Crippen LogP contribution >= 0.6 is 23.2 Å². The number of hydrogen-bond acceptors (Lipinski definition) is 4. The first-order chi connectivity index (χ1) is 16.7. The van der Waals surface area contributed by atoms with Crippen LogP contribution in [0.1, 0.15) is 30.9 Å². The Balaban J connectivity index is 2.24. The summed E-state index contributed by atoms with van der Waals surface area (Å²) < 4.78 is 64.8. The standard InChI is InChI=1S/C23H26Cl2F3N3O4S/c1-15(22(33)29-2)30(14-18-19(24)9-5-10-20(18)25)21(32)11-6-12-31(36(3,34)35)17-8-4-7-16(13-17)23(26,27)28/h4-5,7-10,13,15H,6,11-12,14H2,1-3H3,(H,29,33)/t15-/m1/s1. The molecule has 7 nitrogen and oxygen atoms in total. The molecule has 13 heteroatoms. The average Bonchev–Trinajstić information content (AvgIpc) is 2.79. The molecule has 0 radical (unpaired) electrons. The lowest BCUT2D eigenvalue weighted by Crippen LogP contribution is -2.47. The van der Waals surface area contributed by atoms with Gasteiger partial charge in [-0.05, 0) is 43.7 Å². The Morgan fingerprint density at radius 3 is 2.19 bits per heavy atom. The minimum absolute atomic E-state index is 0.0185. The molecule has 198 valence electrons. The first-order valence-electron chi connectivity index (χ1n) is 10.8. The second-order valence-electron chi connectivity index (χ2n) is 8.00. The summed E-state index contributed by atoms with van der Waals surface area (Å²) in [6, 6.07) is 7.86.